The number of aromatic amines is 1. The van der Waals surface area contributed by atoms with E-state index in [0.29, 0.717) is 18.8 Å². The van der Waals surface area contributed by atoms with Gasteiger partial charge in [0.2, 0.25) is 0 Å². The minimum absolute atomic E-state index is 0. The van der Waals surface area contributed by atoms with Crippen LogP contribution < -0.4 is 10.6 Å². The van der Waals surface area contributed by atoms with E-state index < -0.39 is 0 Å². The number of nitrogens with one attached hydrogen (secondary N) is 3. The topological polar surface area (TPSA) is 69.8 Å². The number of fused-ring (bicyclic) bond motifs is 1. The van der Waals surface area contributed by atoms with Gasteiger partial charge >= 0.3 is 0 Å². The van der Waals surface area contributed by atoms with E-state index in [2.05, 4.69) is 69.4 Å². The smallest absolute Gasteiger partial charge is 0.272 e. The van der Waals surface area contributed by atoms with Gasteiger partial charge in [-0.1, -0.05) is 60.7 Å². The maximum absolute atomic E-state index is 12.6. The van der Waals surface area contributed by atoms with Crippen LogP contribution in [0, 0.1) is 0 Å². The number of benzene rings is 2. The summed E-state index contributed by atoms with van der Waals surface area (Å²) >= 11 is 0. The van der Waals surface area contributed by atoms with Crippen molar-refractivity contribution in [1.82, 2.24) is 20.8 Å². The van der Waals surface area contributed by atoms with Gasteiger partial charge in [0.25, 0.3) is 5.91 Å². The van der Waals surface area contributed by atoms with Gasteiger partial charge in [0.15, 0.2) is 5.69 Å². The lowest BCUT2D eigenvalue weighted by atomic mass is 9.88. The molecule has 28 heavy (non-hydrogen) atoms. The summed E-state index contributed by atoms with van der Waals surface area (Å²) in [6.45, 7) is 2.22. The lowest BCUT2D eigenvalue weighted by molar-refractivity contribution is 0.0946. The van der Waals surface area contributed by atoms with Crippen molar-refractivity contribution in [2.75, 3.05) is 13.1 Å². The van der Waals surface area contributed by atoms with Crippen molar-refractivity contribution < 1.29 is 4.79 Å². The Morgan fingerprint density at radius 2 is 1.68 bits per heavy atom. The van der Waals surface area contributed by atoms with E-state index in [4.69, 9.17) is 0 Å². The second-order valence-electron chi connectivity index (χ2n) is 6.87. The molecule has 2 heterocycles. The summed E-state index contributed by atoms with van der Waals surface area (Å²) in [7, 11) is 0. The number of H-pyrrole nitrogens is 1. The number of carbonyl (C=O) groups is 1. The molecule has 1 amide bonds. The summed E-state index contributed by atoms with van der Waals surface area (Å²) in [5.74, 6) is 0.151. The molecule has 3 aromatic rings. The normalized spacial score (nSPS) is 12.9. The number of amides is 1. The minimum atomic E-state index is -0.101. The minimum Gasteiger partial charge on any atom is -0.351 e. The van der Waals surface area contributed by atoms with E-state index in [9.17, 15) is 4.79 Å². The third-order valence-electron chi connectivity index (χ3n) is 5.14. The Kier molecular flexibility index (Phi) is 6.85. The lowest BCUT2D eigenvalue weighted by Crippen LogP contribution is -2.29. The first kappa shape index (κ1) is 20.1. The molecule has 5 nitrogen and oxygen atoms in total. The molecular formula is C22H25ClN4O. The van der Waals surface area contributed by atoms with Gasteiger partial charge in [0.05, 0.1) is 0 Å². The van der Waals surface area contributed by atoms with E-state index in [-0.39, 0.29) is 24.2 Å². The van der Waals surface area contributed by atoms with Crippen molar-refractivity contribution in [3.8, 4) is 0 Å². The van der Waals surface area contributed by atoms with Crippen LogP contribution in [0.2, 0.25) is 0 Å². The predicted octanol–water partition coefficient (Wildman–Crippen LogP) is 3.43. The van der Waals surface area contributed by atoms with E-state index in [1.165, 1.54) is 11.1 Å². The van der Waals surface area contributed by atoms with Crippen LogP contribution in [0.25, 0.3) is 0 Å². The fourth-order valence-corrected chi connectivity index (χ4v) is 3.72. The first-order chi connectivity index (χ1) is 13.3. The standard InChI is InChI=1S/C22H24N4O.ClH/c27-22(21-19-15-23-13-12-20(19)25-26-21)24-14-11-18(16-7-3-1-4-8-16)17-9-5-2-6-10-17;/h1-10,18,23H,11-15H2,(H,24,27)(H,25,26);1H. The number of carbonyl (C=O) groups excluding carboxylic acids is 1. The van der Waals surface area contributed by atoms with Crippen LogP contribution in [0.15, 0.2) is 60.7 Å². The molecule has 0 radical (unpaired) electrons. The summed E-state index contributed by atoms with van der Waals surface area (Å²) in [5, 5.41) is 13.6. The van der Waals surface area contributed by atoms with Crippen molar-refractivity contribution in [2.24, 2.45) is 0 Å². The molecule has 0 saturated heterocycles. The van der Waals surface area contributed by atoms with Gasteiger partial charge in [-0.2, -0.15) is 5.10 Å². The summed E-state index contributed by atoms with van der Waals surface area (Å²) in [6.07, 6.45) is 1.73. The molecule has 4 rings (SSSR count). The van der Waals surface area contributed by atoms with Crippen molar-refractivity contribution in [3.63, 3.8) is 0 Å². The average molecular weight is 397 g/mol. The van der Waals surface area contributed by atoms with Gasteiger partial charge in [0.1, 0.15) is 0 Å². The summed E-state index contributed by atoms with van der Waals surface area (Å²) in [5.41, 5.74) is 5.12. The quantitative estimate of drug-likeness (QED) is 0.597. The molecule has 146 valence electrons. The van der Waals surface area contributed by atoms with Gasteiger partial charge in [-0.3, -0.25) is 9.89 Å². The maximum Gasteiger partial charge on any atom is 0.272 e. The van der Waals surface area contributed by atoms with Gasteiger partial charge in [0, 0.05) is 43.2 Å². The number of hydrogen-bond donors (Lipinski definition) is 3. The number of aromatic nitrogens is 2. The number of hydrogen-bond acceptors (Lipinski definition) is 3. The fraction of sp³-hybridized carbons (Fsp3) is 0.273. The van der Waals surface area contributed by atoms with Crippen LogP contribution >= 0.6 is 12.4 Å². The summed E-state index contributed by atoms with van der Waals surface area (Å²) in [4.78, 5) is 12.6. The van der Waals surface area contributed by atoms with Crippen LogP contribution in [0.3, 0.4) is 0 Å². The molecule has 0 aliphatic carbocycles. The van der Waals surface area contributed by atoms with Crippen LogP contribution in [0.4, 0.5) is 0 Å². The summed E-state index contributed by atoms with van der Waals surface area (Å²) < 4.78 is 0. The molecule has 0 unspecified atom stereocenters. The van der Waals surface area contributed by atoms with Crippen LogP contribution in [-0.2, 0) is 13.0 Å². The predicted molar refractivity (Wildman–Crippen MR) is 113 cm³/mol. The number of halogens is 1. The van der Waals surface area contributed by atoms with Gasteiger partial charge < -0.3 is 10.6 Å². The monoisotopic (exact) mass is 396 g/mol. The number of rotatable bonds is 6. The molecule has 0 fully saturated rings. The van der Waals surface area contributed by atoms with E-state index in [0.717, 1.165) is 30.6 Å². The van der Waals surface area contributed by atoms with E-state index >= 15 is 0 Å². The molecule has 0 spiro atoms. The molecule has 1 aromatic heterocycles. The first-order valence-corrected chi connectivity index (χ1v) is 9.48. The van der Waals surface area contributed by atoms with Crippen LogP contribution in [-0.4, -0.2) is 29.2 Å². The highest BCUT2D eigenvalue weighted by atomic mass is 35.5. The van der Waals surface area contributed by atoms with Crippen molar-refractivity contribution in [2.45, 2.75) is 25.3 Å². The molecular weight excluding hydrogens is 372 g/mol. The Bertz CT molecular complexity index is 856. The highest BCUT2D eigenvalue weighted by Crippen LogP contribution is 2.27. The van der Waals surface area contributed by atoms with Gasteiger partial charge in [-0.05, 0) is 17.5 Å². The molecule has 1 aliphatic heterocycles. The number of nitrogens with zero attached hydrogens (tertiary/aromatic N) is 1. The third kappa shape index (κ3) is 4.43. The maximum atomic E-state index is 12.6. The van der Waals surface area contributed by atoms with Crippen LogP contribution in [0.5, 0.6) is 0 Å². The Morgan fingerprint density at radius 3 is 2.32 bits per heavy atom. The Morgan fingerprint density at radius 1 is 1.04 bits per heavy atom. The Labute approximate surface area is 171 Å². The average Bonchev–Trinajstić information content (AvgIpc) is 3.17. The molecule has 3 N–H and O–H groups in total. The highest BCUT2D eigenvalue weighted by Gasteiger charge is 2.21. The molecule has 0 atom stereocenters. The van der Waals surface area contributed by atoms with E-state index in [1.807, 2.05) is 12.1 Å². The molecule has 2 aromatic carbocycles. The Hall–Kier alpha value is -2.63. The van der Waals surface area contributed by atoms with E-state index in [1.54, 1.807) is 0 Å². The highest BCUT2D eigenvalue weighted by molar-refractivity contribution is 5.94. The zero-order valence-corrected chi connectivity index (χ0v) is 16.5. The third-order valence-corrected chi connectivity index (χ3v) is 5.14. The zero-order chi connectivity index (χ0) is 18.5. The first-order valence-electron chi connectivity index (χ1n) is 9.48. The van der Waals surface area contributed by atoms with Gasteiger partial charge in [-0.15, -0.1) is 12.4 Å². The fourth-order valence-electron chi connectivity index (χ4n) is 3.72. The van der Waals surface area contributed by atoms with Crippen molar-refractivity contribution in [1.29, 1.82) is 0 Å². The molecule has 0 saturated carbocycles. The second-order valence-corrected chi connectivity index (χ2v) is 6.87. The van der Waals surface area contributed by atoms with Crippen molar-refractivity contribution in [3.05, 3.63) is 88.7 Å². The SMILES string of the molecule is Cl.O=C(NCCC(c1ccccc1)c1ccccc1)c1n[nH]c2c1CNCC2. The molecule has 6 heteroatoms. The largest absolute Gasteiger partial charge is 0.351 e. The second kappa shape index (κ2) is 9.53. The lowest BCUT2D eigenvalue weighted by Gasteiger charge is -2.18. The van der Waals surface area contributed by atoms with Gasteiger partial charge in [-0.25, -0.2) is 0 Å². The molecule has 1 aliphatic rings. The van der Waals surface area contributed by atoms with Crippen molar-refractivity contribution >= 4 is 18.3 Å². The summed E-state index contributed by atoms with van der Waals surface area (Å²) in [6, 6.07) is 20.9. The Balaban J connectivity index is 0.00000225. The van der Waals surface area contributed by atoms with Crippen LogP contribution in [0.1, 0.15) is 45.2 Å². The zero-order valence-electron chi connectivity index (χ0n) is 15.7. The molecule has 0 bridgehead atoms.